The van der Waals surface area contributed by atoms with Crippen LogP contribution >= 0.6 is 11.3 Å². The molecule has 1 aromatic heterocycles. The predicted octanol–water partition coefficient (Wildman–Crippen LogP) is 5.35. The Morgan fingerprint density at radius 2 is 1.76 bits per heavy atom. The first-order chi connectivity index (χ1) is 17.4. The number of piperidine rings is 1. The summed E-state index contributed by atoms with van der Waals surface area (Å²) in [5.41, 5.74) is -2.28. The summed E-state index contributed by atoms with van der Waals surface area (Å²) in [5, 5.41) is 11.3. The number of hydrogen-bond donors (Lipinski definition) is 0. The molecule has 5 rings (SSSR count). The summed E-state index contributed by atoms with van der Waals surface area (Å²) in [5.74, 6) is -1.76. The summed E-state index contributed by atoms with van der Waals surface area (Å²) >= 11 is 0.847. The van der Waals surface area contributed by atoms with Crippen LogP contribution in [0.5, 0.6) is 0 Å². The number of benzene rings is 2. The van der Waals surface area contributed by atoms with Gasteiger partial charge in [0, 0.05) is 32.2 Å². The number of rotatable bonds is 4. The fourth-order valence-corrected chi connectivity index (χ4v) is 6.33. The Morgan fingerprint density at radius 1 is 1.05 bits per heavy atom. The van der Waals surface area contributed by atoms with Gasteiger partial charge in [-0.3, -0.25) is 19.8 Å². The molecule has 0 radical (unpaired) electrons. The third kappa shape index (κ3) is 5.01. The van der Waals surface area contributed by atoms with Crippen LogP contribution in [0.4, 0.5) is 32.8 Å². The van der Waals surface area contributed by atoms with Crippen molar-refractivity contribution < 1.29 is 26.9 Å². The zero-order valence-electron chi connectivity index (χ0n) is 19.4. The molecular weight excluding hydrogens is 519 g/mol. The molecule has 2 aromatic carbocycles. The predicted molar refractivity (Wildman–Crippen MR) is 128 cm³/mol. The van der Waals surface area contributed by atoms with Crippen LogP contribution in [0.25, 0.3) is 10.1 Å². The van der Waals surface area contributed by atoms with Crippen LogP contribution in [-0.4, -0.2) is 41.0 Å². The van der Waals surface area contributed by atoms with Crippen LogP contribution in [0.1, 0.15) is 30.4 Å². The molecular formula is C24H21F5N4O3S. The van der Waals surface area contributed by atoms with Gasteiger partial charge in [-0.25, -0.2) is 8.78 Å². The maximum Gasteiger partial charge on any atom is 0.416 e. The lowest BCUT2D eigenvalue weighted by molar-refractivity contribution is -0.383. The monoisotopic (exact) mass is 540 g/mol. The Morgan fingerprint density at radius 3 is 2.41 bits per heavy atom. The van der Waals surface area contributed by atoms with Crippen molar-refractivity contribution in [1.82, 2.24) is 9.88 Å². The molecule has 7 nitrogen and oxygen atoms in total. The first-order valence-electron chi connectivity index (χ1n) is 11.6. The van der Waals surface area contributed by atoms with Gasteiger partial charge in [0.2, 0.25) is 0 Å². The number of halogens is 5. The average molecular weight is 541 g/mol. The van der Waals surface area contributed by atoms with E-state index < -0.39 is 44.9 Å². The van der Waals surface area contributed by atoms with E-state index in [2.05, 4.69) is 9.88 Å². The Hall–Kier alpha value is -3.19. The minimum absolute atomic E-state index is 0.00446. The van der Waals surface area contributed by atoms with Gasteiger partial charge >= 0.3 is 6.18 Å². The third-order valence-corrected chi connectivity index (χ3v) is 8.38. The summed E-state index contributed by atoms with van der Waals surface area (Å²) < 4.78 is 66.3. The van der Waals surface area contributed by atoms with Crippen molar-refractivity contribution in [2.24, 2.45) is 5.41 Å². The van der Waals surface area contributed by atoms with Gasteiger partial charge < -0.3 is 4.90 Å². The first-order valence-corrected chi connectivity index (χ1v) is 12.4. The van der Waals surface area contributed by atoms with Crippen molar-refractivity contribution >= 4 is 32.2 Å². The van der Waals surface area contributed by atoms with Gasteiger partial charge in [-0.1, -0.05) is 17.4 Å². The van der Waals surface area contributed by atoms with Gasteiger partial charge in [-0.15, -0.1) is 0 Å². The van der Waals surface area contributed by atoms with E-state index in [-0.39, 0.29) is 15.2 Å². The highest BCUT2D eigenvalue weighted by Crippen LogP contribution is 2.43. The normalized spacial score (nSPS) is 18.1. The molecule has 2 aliphatic rings. The summed E-state index contributed by atoms with van der Waals surface area (Å²) in [4.78, 5) is 31.2. The van der Waals surface area contributed by atoms with E-state index in [1.54, 1.807) is 6.07 Å². The fraction of sp³-hybridized carbons (Fsp3) is 0.417. The molecule has 0 N–H and O–H groups in total. The molecule has 0 atom stereocenters. The minimum Gasteiger partial charge on any atom is -0.348 e. The van der Waals surface area contributed by atoms with E-state index >= 15 is 0 Å². The lowest BCUT2D eigenvalue weighted by Crippen LogP contribution is -2.42. The molecule has 13 heteroatoms. The molecule has 0 aliphatic carbocycles. The zero-order valence-corrected chi connectivity index (χ0v) is 20.2. The van der Waals surface area contributed by atoms with Gasteiger partial charge in [-0.05, 0) is 55.0 Å². The van der Waals surface area contributed by atoms with Crippen molar-refractivity contribution in [3.8, 4) is 0 Å². The second-order valence-electron chi connectivity index (χ2n) is 9.62. The molecule has 2 aliphatic heterocycles. The molecule has 1 spiro atoms. The SMILES string of the molecule is O=c1nc(N2CCC3(CCN(Cc4ccc(F)c(F)c4)C3)CC2)sc2c([N+](=O)[O-])cc(C(F)(F)F)cc12. The average Bonchev–Trinajstić information content (AvgIpc) is 3.22. The van der Waals surface area contributed by atoms with Crippen molar-refractivity contribution in [1.29, 1.82) is 0 Å². The first kappa shape index (κ1) is 25.5. The van der Waals surface area contributed by atoms with Crippen LogP contribution in [0, 0.1) is 27.2 Å². The second-order valence-corrected chi connectivity index (χ2v) is 10.6. The quantitative estimate of drug-likeness (QED) is 0.252. The highest BCUT2D eigenvalue weighted by molar-refractivity contribution is 7.22. The number of nitro benzene ring substituents is 1. The third-order valence-electron chi connectivity index (χ3n) is 7.22. The maximum atomic E-state index is 13.6. The van der Waals surface area contributed by atoms with E-state index in [1.165, 1.54) is 6.07 Å². The molecule has 196 valence electrons. The summed E-state index contributed by atoms with van der Waals surface area (Å²) in [6, 6.07) is 4.95. The molecule has 0 amide bonds. The van der Waals surface area contributed by atoms with E-state index in [4.69, 9.17) is 0 Å². The topological polar surface area (TPSA) is 79.6 Å². The van der Waals surface area contributed by atoms with E-state index in [1.807, 2.05) is 4.90 Å². The molecule has 3 aromatic rings. The van der Waals surface area contributed by atoms with Crippen LogP contribution in [-0.2, 0) is 12.7 Å². The lowest BCUT2D eigenvalue weighted by atomic mass is 9.78. The summed E-state index contributed by atoms with van der Waals surface area (Å²) in [6.45, 7) is 3.13. The number of likely N-dealkylation sites (tertiary alicyclic amines) is 1. The highest BCUT2D eigenvalue weighted by atomic mass is 32.1. The number of nitrogens with zero attached hydrogens (tertiary/aromatic N) is 4. The molecule has 2 saturated heterocycles. The van der Waals surface area contributed by atoms with E-state index in [0.717, 1.165) is 49.8 Å². The van der Waals surface area contributed by atoms with Gasteiger partial charge in [0.15, 0.2) is 16.8 Å². The van der Waals surface area contributed by atoms with Crippen LogP contribution in [0.2, 0.25) is 0 Å². The summed E-state index contributed by atoms with van der Waals surface area (Å²) in [7, 11) is 0. The Kier molecular flexibility index (Phi) is 6.39. The van der Waals surface area contributed by atoms with Crippen LogP contribution < -0.4 is 10.5 Å². The molecule has 0 unspecified atom stereocenters. The number of nitro groups is 1. The van der Waals surface area contributed by atoms with Crippen molar-refractivity contribution in [2.75, 3.05) is 31.1 Å². The van der Waals surface area contributed by atoms with Gasteiger partial charge in [-0.2, -0.15) is 18.2 Å². The summed E-state index contributed by atoms with van der Waals surface area (Å²) in [6.07, 6.45) is -2.40. The van der Waals surface area contributed by atoms with Crippen LogP contribution in [0.3, 0.4) is 0 Å². The fourth-order valence-electron chi connectivity index (χ4n) is 5.21. The molecule has 2 fully saturated rings. The second kappa shape index (κ2) is 9.28. The number of anilines is 1. The highest BCUT2D eigenvalue weighted by Gasteiger charge is 2.41. The minimum atomic E-state index is -4.84. The van der Waals surface area contributed by atoms with Gasteiger partial charge in [0.25, 0.3) is 11.2 Å². The van der Waals surface area contributed by atoms with Crippen molar-refractivity contribution in [3.05, 3.63) is 73.6 Å². The smallest absolute Gasteiger partial charge is 0.348 e. The Bertz CT molecular complexity index is 1440. The van der Waals surface area contributed by atoms with E-state index in [9.17, 15) is 36.9 Å². The number of alkyl halides is 3. The maximum absolute atomic E-state index is 13.6. The van der Waals surface area contributed by atoms with Crippen LogP contribution in [0.15, 0.2) is 35.1 Å². The zero-order chi connectivity index (χ0) is 26.5. The molecule has 0 bridgehead atoms. The number of aromatic nitrogens is 1. The largest absolute Gasteiger partial charge is 0.416 e. The molecule has 3 heterocycles. The lowest BCUT2D eigenvalue weighted by Gasteiger charge is -2.39. The Balaban J connectivity index is 1.33. The number of hydrogen-bond acceptors (Lipinski definition) is 7. The number of fused-ring (bicyclic) bond motifs is 1. The van der Waals surface area contributed by atoms with E-state index in [0.29, 0.717) is 37.3 Å². The standard InChI is InChI=1S/C24H21F5N4O3S/c25-17-2-1-14(9-18(17)26)12-31-6-3-23(13-31)4-7-32(8-5-23)22-30-21(34)16-10-15(24(27,28)29)11-19(33(35)36)20(16)37-22/h1-2,9-11H,3-8,12-13H2. The number of non-ortho nitro benzene ring substituents is 1. The van der Waals surface area contributed by atoms with Crippen molar-refractivity contribution in [3.63, 3.8) is 0 Å². The Labute approximate surface area is 211 Å². The molecule has 0 saturated carbocycles. The van der Waals surface area contributed by atoms with Gasteiger partial charge in [0.05, 0.1) is 15.9 Å². The van der Waals surface area contributed by atoms with Crippen molar-refractivity contribution in [2.45, 2.75) is 32.0 Å². The molecule has 37 heavy (non-hydrogen) atoms. The van der Waals surface area contributed by atoms with Gasteiger partial charge in [0.1, 0.15) is 4.70 Å².